The molecule has 0 spiro atoms. The first-order chi connectivity index (χ1) is 7.72. The summed E-state index contributed by atoms with van der Waals surface area (Å²) in [5.41, 5.74) is 6.89. The highest BCUT2D eigenvalue weighted by molar-refractivity contribution is 5.65. The van der Waals surface area contributed by atoms with E-state index < -0.39 is 6.09 Å². The van der Waals surface area contributed by atoms with Gasteiger partial charge >= 0.3 is 6.09 Å². The summed E-state index contributed by atoms with van der Waals surface area (Å²) in [6.45, 7) is 1.63. The minimum absolute atomic E-state index is 0.235. The molecule has 0 aliphatic carbocycles. The Hall–Kier alpha value is -1.55. The van der Waals surface area contributed by atoms with Gasteiger partial charge in [0, 0.05) is 19.0 Å². The number of nitrogens with two attached hydrogens (primary N) is 1. The van der Waals surface area contributed by atoms with E-state index in [0.29, 0.717) is 19.6 Å². The Bertz CT molecular complexity index is 367. The molecular weight excluding hydrogens is 204 g/mol. The van der Waals surface area contributed by atoms with Crippen LogP contribution in [0.25, 0.3) is 0 Å². The SMILES string of the molecule is NC[C@H]1CN(C(=O)O)C[C@@H]1c1ccccc1. The highest BCUT2D eigenvalue weighted by atomic mass is 16.4. The van der Waals surface area contributed by atoms with Gasteiger partial charge in [0.1, 0.15) is 0 Å². The van der Waals surface area contributed by atoms with Crippen LogP contribution in [0, 0.1) is 5.92 Å². The number of hydrogen-bond donors (Lipinski definition) is 2. The van der Waals surface area contributed by atoms with Crippen molar-refractivity contribution in [2.24, 2.45) is 11.7 Å². The van der Waals surface area contributed by atoms with E-state index >= 15 is 0 Å². The summed E-state index contributed by atoms with van der Waals surface area (Å²) in [5, 5.41) is 8.98. The van der Waals surface area contributed by atoms with Crippen LogP contribution in [0.4, 0.5) is 4.79 Å². The maximum absolute atomic E-state index is 10.9. The fourth-order valence-corrected chi connectivity index (χ4v) is 2.34. The third-order valence-electron chi connectivity index (χ3n) is 3.24. The fourth-order valence-electron chi connectivity index (χ4n) is 2.34. The van der Waals surface area contributed by atoms with Crippen molar-refractivity contribution >= 4 is 6.09 Å². The summed E-state index contributed by atoms with van der Waals surface area (Å²) in [6.07, 6.45) is -0.850. The number of benzene rings is 1. The molecule has 1 aromatic rings. The van der Waals surface area contributed by atoms with E-state index in [1.807, 2.05) is 30.3 Å². The summed E-state index contributed by atoms with van der Waals surface area (Å²) in [7, 11) is 0. The zero-order valence-corrected chi connectivity index (χ0v) is 9.04. The molecule has 1 fully saturated rings. The van der Waals surface area contributed by atoms with E-state index in [1.54, 1.807) is 0 Å². The van der Waals surface area contributed by atoms with Gasteiger partial charge in [0.2, 0.25) is 0 Å². The zero-order chi connectivity index (χ0) is 11.5. The summed E-state index contributed by atoms with van der Waals surface area (Å²) in [4.78, 5) is 12.4. The molecule has 0 bridgehead atoms. The van der Waals surface area contributed by atoms with Crippen LogP contribution in [0.5, 0.6) is 0 Å². The molecule has 0 saturated carbocycles. The van der Waals surface area contributed by atoms with Gasteiger partial charge in [-0.25, -0.2) is 4.79 Å². The van der Waals surface area contributed by atoms with Gasteiger partial charge in [0.05, 0.1) is 0 Å². The minimum atomic E-state index is -0.850. The number of carbonyl (C=O) groups is 1. The second kappa shape index (κ2) is 4.53. The lowest BCUT2D eigenvalue weighted by Gasteiger charge is -2.16. The maximum atomic E-state index is 10.9. The average molecular weight is 220 g/mol. The van der Waals surface area contributed by atoms with Gasteiger partial charge in [-0.15, -0.1) is 0 Å². The molecule has 16 heavy (non-hydrogen) atoms. The van der Waals surface area contributed by atoms with E-state index in [0.717, 1.165) is 0 Å². The molecule has 0 aromatic heterocycles. The third kappa shape index (κ3) is 2.02. The van der Waals surface area contributed by atoms with E-state index in [4.69, 9.17) is 10.8 Å². The summed E-state index contributed by atoms with van der Waals surface area (Å²) >= 11 is 0. The van der Waals surface area contributed by atoms with Gasteiger partial charge < -0.3 is 15.7 Å². The van der Waals surface area contributed by atoms with Gasteiger partial charge in [0.25, 0.3) is 0 Å². The normalized spacial score (nSPS) is 24.7. The lowest BCUT2D eigenvalue weighted by Crippen LogP contribution is -2.27. The third-order valence-corrected chi connectivity index (χ3v) is 3.24. The van der Waals surface area contributed by atoms with Crippen LogP contribution >= 0.6 is 0 Å². The predicted molar refractivity (Wildman–Crippen MR) is 61.3 cm³/mol. The zero-order valence-electron chi connectivity index (χ0n) is 9.04. The Morgan fingerprint density at radius 1 is 1.38 bits per heavy atom. The second-order valence-electron chi connectivity index (χ2n) is 4.20. The van der Waals surface area contributed by atoms with Crippen LogP contribution in [0.3, 0.4) is 0 Å². The summed E-state index contributed by atoms with van der Waals surface area (Å²) in [5.74, 6) is 0.473. The molecule has 1 aliphatic heterocycles. The predicted octanol–water partition coefficient (Wildman–Crippen LogP) is 1.34. The van der Waals surface area contributed by atoms with Crippen LogP contribution in [0.15, 0.2) is 30.3 Å². The Morgan fingerprint density at radius 2 is 2.06 bits per heavy atom. The number of hydrogen-bond acceptors (Lipinski definition) is 2. The topological polar surface area (TPSA) is 66.6 Å². The molecule has 1 heterocycles. The highest BCUT2D eigenvalue weighted by Gasteiger charge is 2.34. The molecular formula is C12H16N2O2. The Labute approximate surface area is 94.7 Å². The van der Waals surface area contributed by atoms with Crippen LogP contribution in [-0.2, 0) is 0 Å². The Balaban J connectivity index is 2.18. The van der Waals surface area contributed by atoms with Crippen molar-refractivity contribution in [1.82, 2.24) is 4.90 Å². The lowest BCUT2D eigenvalue weighted by atomic mass is 9.89. The molecule has 3 N–H and O–H groups in total. The molecule has 86 valence electrons. The van der Waals surface area contributed by atoms with E-state index in [2.05, 4.69) is 0 Å². The average Bonchev–Trinajstić information content (AvgIpc) is 2.74. The molecule has 1 saturated heterocycles. The molecule has 4 nitrogen and oxygen atoms in total. The number of nitrogens with zero attached hydrogens (tertiary/aromatic N) is 1. The molecule has 4 heteroatoms. The Morgan fingerprint density at radius 3 is 2.62 bits per heavy atom. The van der Waals surface area contributed by atoms with Gasteiger partial charge in [-0.05, 0) is 18.0 Å². The minimum Gasteiger partial charge on any atom is -0.465 e. The number of rotatable bonds is 2. The van der Waals surface area contributed by atoms with Crippen molar-refractivity contribution in [2.75, 3.05) is 19.6 Å². The van der Waals surface area contributed by atoms with E-state index in [-0.39, 0.29) is 11.8 Å². The second-order valence-corrected chi connectivity index (χ2v) is 4.20. The fraction of sp³-hybridized carbons (Fsp3) is 0.417. The Kier molecular flexibility index (Phi) is 3.10. The molecule has 2 atom stereocenters. The van der Waals surface area contributed by atoms with Crippen LogP contribution in [0.1, 0.15) is 11.5 Å². The maximum Gasteiger partial charge on any atom is 0.407 e. The molecule has 0 radical (unpaired) electrons. The van der Waals surface area contributed by atoms with Gasteiger partial charge in [-0.3, -0.25) is 0 Å². The van der Waals surface area contributed by atoms with Crippen molar-refractivity contribution < 1.29 is 9.90 Å². The van der Waals surface area contributed by atoms with Gasteiger partial charge in [-0.2, -0.15) is 0 Å². The van der Waals surface area contributed by atoms with Crippen LogP contribution in [0.2, 0.25) is 0 Å². The molecule has 2 rings (SSSR count). The first-order valence-corrected chi connectivity index (χ1v) is 5.45. The highest BCUT2D eigenvalue weighted by Crippen LogP contribution is 2.31. The quantitative estimate of drug-likeness (QED) is 0.790. The van der Waals surface area contributed by atoms with Crippen molar-refractivity contribution in [3.8, 4) is 0 Å². The first-order valence-electron chi connectivity index (χ1n) is 5.45. The smallest absolute Gasteiger partial charge is 0.407 e. The molecule has 1 aliphatic rings. The number of carboxylic acid groups (broad SMARTS) is 1. The lowest BCUT2D eigenvalue weighted by molar-refractivity contribution is 0.154. The molecule has 1 amide bonds. The van der Waals surface area contributed by atoms with Crippen molar-refractivity contribution in [3.63, 3.8) is 0 Å². The van der Waals surface area contributed by atoms with Crippen molar-refractivity contribution in [2.45, 2.75) is 5.92 Å². The first kappa shape index (κ1) is 11.0. The molecule has 0 unspecified atom stereocenters. The van der Waals surface area contributed by atoms with Gasteiger partial charge in [0.15, 0.2) is 0 Å². The monoisotopic (exact) mass is 220 g/mol. The largest absolute Gasteiger partial charge is 0.465 e. The standard InChI is InChI=1S/C12H16N2O2/c13-6-10-7-14(12(15)16)8-11(10)9-4-2-1-3-5-9/h1-5,10-11H,6-8,13H2,(H,15,16)/t10-,11+/m0/s1. The number of likely N-dealkylation sites (tertiary alicyclic amines) is 1. The van der Waals surface area contributed by atoms with E-state index in [1.165, 1.54) is 10.5 Å². The summed E-state index contributed by atoms with van der Waals surface area (Å²) in [6, 6.07) is 10.0. The summed E-state index contributed by atoms with van der Waals surface area (Å²) < 4.78 is 0. The molecule has 1 aromatic carbocycles. The number of amides is 1. The van der Waals surface area contributed by atoms with Crippen LogP contribution in [-0.4, -0.2) is 35.7 Å². The van der Waals surface area contributed by atoms with Crippen molar-refractivity contribution in [3.05, 3.63) is 35.9 Å². The van der Waals surface area contributed by atoms with Crippen molar-refractivity contribution in [1.29, 1.82) is 0 Å². The van der Waals surface area contributed by atoms with Gasteiger partial charge in [-0.1, -0.05) is 30.3 Å². The van der Waals surface area contributed by atoms with E-state index in [9.17, 15) is 4.79 Å². The van der Waals surface area contributed by atoms with Crippen LogP contribution < -0.4 is 5.73 Å².